The van der Waals surface area contributed by atoms with Gasteiger partial charge in [0.25, 0.3) is 0 Å². The number of allylic oxidation sites excluding steroid dienone is 2. The molecule has 1 heterocycles. The number of hydrogen-bond acceptors (Lipinski definition) is 2. The number of hydrogen-bond donors (Lipinski definition) is 0. The summed E-state index contributed by atoms with van der Waals surface area (Å²) < 4.78 is 82.1. The molecule has 168 valence electrons. The molecule has 32 heavy (non-hydrogen) atoms. The molecule has 0 amide bonds. The third-order valence-corrected chi connectivity index (χ3v) is 5.04. The molecule has 0 atom stereocenters. The van der Waals surface area contributed by atoms with Crippen molar-refractivity contribution in [1.29, 1.82) is 0 Å². The fraction of sp³-hybridized carbons (Fsp3) is 0.200. The van der Waals surface area contributed by atoms with E-state index < -0.39 is 40.6 Å². The van der Waals surface area contributed by atoms with Gasteiger partial charge in [0.15, 0.2) is 34.7 Å². The van der Waals surface area contributed by atoms with Crippen LogP contribution >= 0.6 is 0 Å². The number of aryl methyl sites for hydroxylation is 1. The molecule has 0 saturated carbocycles. The molecular formula is C25H21F5O2. The summed E-state index contributed by atoms with van der Waals surface area (Å²) in [6.07, 6.45) is 3.30. The van der Waals surface area contributed by atoms with Gasteiger partial charge in [-0.1, -0.05) is 50.8 Å². The van der Waals surface area contributed by atoms with Gasteiger partial charge in [-0.15, -0.1) is 0 Å². The second kappa shape index (κ2) is 9.42. The van der Waals surface area contributed by atoms with Gasteiger partial charge in [0.05, 0.1) is 7.11 Å². The second-order valence-electron chi connectivity index (χ2n) is 7.26. The van der Waals surface area contributed by atoms with E-state index in [9.17, 15) is 22.0 Å². The highest BCUT2D eigenvalue weighted by Crippen LogP contribution is 2.39. The summed E-state index contributed by atoms with van der Waals surface area (Å²) in [5.41, 5.74) is 0.332. The zero-order chi connectivity index (χ0) is 23.6. The van der Waals surface area contributed by atoms with E-state index in [1.54, 1.807) is 0 Å². The first kappa shape index (κ1) is 23.3. The van der Waals surface area contributed by atoms with Crippen LogP contribution < -0.4 is 4.74 Å². The van der Waals surface area contributed by atoms with Crippen LogP contribution in [0.4, 0.5) is 22.0 Å². The highest BCUT2D eigenvalue weighted by atomic mass is 19.2. The van der Waals surface area contributed by atoms with E-state index in [0.717, 1.165) is 12.2 Å². The van der Waals surface area contributed by atoms with E-state index in [0.29, 0.717) is 12.8 Å². The zero-order valence-electron chi connectivity index (χ0n) is 17.6. The Kier molecular flexibility index (Phi) is 6.87. The van der Waals surface area contributed by atoms with E-state index in [2.05, 4.69) is 13.2 Å². The average molecular weight is 448 g/mol. The van der Waals surface area contributed by atoms with Crippen molar-refractivity contribution in [2.45, 2.75) is 26.2 Å². The summed E-state index contributed by atoms with van der Waals surface area (Å²) in [7, 11) is 1.20. The van der Waals surface area contributed by atoms with Crippen LogP contribution in [0.15, 0.2) is 54.3 Å². The smallest absolute Gasteiger partial charge is 0.207 e. The first-order valence-electron chi connectivity index (χ1n) is 9.84. The van der Waals surface area contributed by atoms with Crippen LogP contribution in [0.5, 0.6) is 5.75 Å². The van der Waals surface area contributed by atoms with Gasteiger partial charge < -0.3 is 9.47 Å². The fourth-order valence-corrected chi connectivity index (χ4v) is 3.32. The minimum absolute atomic E-state index is 0.0260. The van der Waals surface area contributed by atoms with E-state index in [1.165, 1.54) is 25.3 Å². The van der Waals surface area contributed by atoms with Crippen molar-refractivity contribution >= 4 is 12.2 Å². The Bertz CT molecular complexity index is 1160. The van der Waals surface area contributed by atoms with Crippen LogP contribution in [0.1, 0.15) is 35.6 Å². The van der Waals surface area contributed by atoms with Crippen molar-refractivity contribution in [2.75, 3.05) is 7.11 Å². The SMILES string of the molecule is C=C(OC)/C(F)=C1/Oc2c(cc(/C=C/c3ccc(CCC)c(F)c3F)c(F)c2F)CC1=C. The lowest BCUT2D eigenvalue weighted by atomic mass is 9.97. The number of fused-ring (bicyclic) bond motifs is 1. The van der Waals surface area contributed by atoms with E-state index >= 15 is 0 Å². The first-order valence-corrected chi connectivity index (χ1v) is 9.84. The summed E-state index contributed by atoms with van der Waals surface area (Å²) in [4.78, 5) is 0. The highest BCUT2D eigenvalue weighted by molar-refractivity contribution is 5.72. The molecule has 0 saturated heterocycles. The molecule has 2 aromatic carbocycles. The summed E-state index contributed by atoms with van der Waals surface area (Å²) in [6, 6.07) is 4.12. The Hall–Kier alpha value is -3.35. The van der Waals surface area contributed by atoms with Gasteiger partial charge >= 0.3 is 0 Å². The molecule has 0 bridgehead atoms. The fourth-order valence-electron chi connectivity index (χ4n) is 3.32. The van der Waals surface area contributed by atoms with E-state index in [-0.39, 0.29) is 40.0 Å². The van der Waals surface area contributed by atoms with Crippen molar-refractivity contribution in [2.24, 2.45) is 0 Å². The minimum Gasteiger partial charge on any atom is -0.494 e. The lowest BCUT2D eigenvalue weighted by molar-refractivity contribution is 0.272. The molecule has 1 aliphatic rings. The molecule has 7 heteroatoms. The van der Waals surface area contributed by atoms with Crippen molar-refractivity contribution in [3.8, 4) is 5.75 Å². The molecule has 3 rings (SSSR count). The maximum Gasteiger partial charge on any atom is 0.207 e. The largest absolute Gasteiger partial charge is 0.494 e. The van der Waals surface area contributed by atoms with Crippen LogP contribution in [0.3, 0.4) is 0 Å². The van der Waals surface area contributed by atoms with Crippen LogP contribution in [0.2, 0.25) is 0 Å². The Balaban J connectivity index is 1.99. The number of halogens is 5. The summed E-state index contributed by atoms with van der Waals surface area (Å²) in [5, 5.41) is 0. The average Bonchev–Trinajstić information content (AvgIpc) is 2.78. The Morgan fingerprint density at radius 3 is 2.38 bits per heavy atom. The molecule has 0 radical (unpaired) electrons. The van der Waals surface area contributed by atoms with Crippen LogP contribution in [-0.2, 0) is 17.6 Å². The third kappa shape index (κ3) is 4.33. The molecule has 0 N–H and O–H groups in total. The zero-order valence-corrected chi connectivity index (χ0v) is 17.6. The van der Waals surface area contributed by atoms with Crippen LogP contribution in [0, 0.1) is 23.3 Å². The first-order chi connectivity index (χ1) is 15.2. The highest BCUT2D eigenvalue weighted by Gasteiger charge is 2.29. The molecule has 0 fully saturated rings. The lowest BCUT2D eigenvalue weighted by Gasteiger charge is -2.23. The standard InChI is InChI=1S/C25H21F5O2/c1-5-6-15-7-8-16(21(28)20(15)27)9-10-17-12-18-11-13(2)24(19(26)14(3)31-4)32-25(18)23(30)22(17)29/h7-10,12H,2-3,5-6,11H2,1,4H3/b10-9+,24-19-. The van der Waals surface area contributed by atoms with Gasteiger partial charge in [-0.2, -0.15) is 8.78 Å². The maximum absolute atomic E-state index is 14.7. The Morgan fingerprint density at radius 1 is 1.06 bits per heavy atom. The third-order valence-electron chi connectivity index (χ3n) is 5.04. The molecule has 0 aromatic heterocycles. The summed E-state index contributed by atoms with van der Waals surface area (Å²) in [5.74, 6) is -6.84. The number of methoxy groups -OCH3 is 1. The molecule has 2 aromatic rings. The Labute approximate surface area is 183 Å². The van der Waals surface area contributed by atoms with Crippen molar-refractivity contribution in [3.63, 3.8) is 0 Å². The van der Waals surface area contributed by atoms with Gasteiger partial charge in [-0.05, 0) is 23.6 Å². The predicted octanol–water partition coefficient (Wildman–Crippen LogP) is 7.20. The van der Waals surface area contributed by atoms with Gasteiger partial charge in [-0.25, -0.2) is 13.2 Å². The van der Waals surface area contributed by atoms with E-state index in [1.807, 2.05) is 6.92 Å². The second-order valence-corrected chi connectivity index (χ2v) is 7.26. The molecule has 0 aliphatic carbocycles. The molecule has 0 unspecified atom stereocenters. The quantitative estimate of drug-likeness (QED) is 0.264. The van der Waals surface area contributed by atoms with Crippen molar-refractivity contribution < 1.29 is 31.4 Å². The molecular weight excluding hydrogens is 427 g/mol. The summed E-state index contributed by atoms with van der Waals surface area (Å²) >= 11 is 0. The number of benzene rings is 2. The minimum atomic E-state index is -1.34. The number of rotatable bonds is 6. The monoisotopic (exact) mass is 448 g/mol. The molecule has 0 spiro atoms. The van der Waals surface area contributed by atoms with Crippen LogP contribution in [-0.4, -0.2) is 7.11 Å². The van der Waals surface area contributed by atoms with Crippen molar-refractivity contribution in [3.05, 3.63) is 99.8 Å². The Morgan fingerprint density at radius 2 is 1.72 bits per heavy atom. The van der Waals surface area contributed by atoms with Gasteiger partial charge in [0.1, 0.15) is 0 Å². The topological polar surface area (TPSA) is 18.5 Å². The lowest BCUT2D eigenvalue weighted by Crippen LogP contribution is -2.15. The molecule has 2 nitrogen and oxygen atoms in total. The normalized spacial score (nSPS) is 14.9. The van der Waals surface area contributed by atoms with Crippen LogP contribution in [0.25, 0.3) is 12.2 Å². The van der Waals surface area contributed by atoms with E-state index in [4.69, 9.17) is 9.47 Å². The summed E-state index contributed by atoms with van der Waals surface area (Å²) in [6.45, 7) is 8.92. The number of ether oxygens (including phenoxy) is 2. The van der Waals surface area contributed by atoms with Gasteiger partial charge in [0, 0.05) is 23.1 Å². The van der Waals surface area contributed by atoms with Crippen molar-refractivity contribution in [1.82, 2.24) is 0 Å². The predicted molar refractivity (Wildman–Crippen MR) is 113 cm³/mol. The maximum atomic E-state index is 14.7. The van der Waals surface area contributed by atoms with Gasteiger partial charge in [-0.3, -0.25) is 0 Å². The van der Waals surface area contributed by atoms with Gasteiger partial charge in [0.2, 0.25) is 11.6 Å². The molecule has 1 aliphatic heterocycles.